The van der Waals surface area contributed by atoms with Crippen molar-refractivity contribution in [3.05, 3.63) is 70.5 Å². The summed E-state index contributed by atoms with van der Waals surface area (Å²) in [6, 6.07) is 15.0. The summed E-state index contributed by atoms with van der Waals surface area (Å²) in [7, 11) is 0. The van der Waals surface area contributed by atoms with Crippen molar-refractivity contribution in [3.63, 3.8) is 0 Å². The molecule has 1 saturated heterocycles. The Kier molecular flexibility index (Phi) is 17.6. The van der Waals surface area contributed by atoms with Gasteiger partial charge < -0.3 is 57.6 Å². The first kappa shape index (κ1) is 45.7. The molecule has 3 aromatic rings. The van der Waals surface area contributed by atoms with Crippen molar-refractivity contribution in [2.45, 2.75) is 81.8 Å². The molecule has 1 fully saturated rings. The molecule has 316 valence electrons. The van der Waals surface area contributed by atoms with Crippen molar-refractivity contribution >= 4 is 47.0 Å². The van der Waals surface area contributed by atoms with Crippen LogP contribution in [-0.4, -0.2) is 132 Å². The van der Waals surface area contributed by atoms with E-state index in [2.05, 4.69) is 38.1 Å². The first-order valence-electron chi connectivity index (χ1n) is 19.1. The lowest BCUT2D eigenvalue weighted by Crippen LogP contribution is -2.51. The first-order valence-corrected chi connectivity index (χ1v) is 19.5. The lowest BCUT2D eigenvalue weighted by atomic mass is 9.89. The minimum absolute atomic E-state index is 0.0235. The fourth-order valence-corrected chi connectivity index (χ4v) is 6.77. The minimum atomic E-state index is -1.70. The summed E-state index contributed by atoms with van der Waals surface area (Å²) in [6.45, 7) is 0.778. The average molecular weight is 828 g/mol. The number of unbranched alkanes of at least 4 members (excludes halogenated alkanes) is 1. The second kappa shape index (κ2) is 22.3. The van der Waals surface area contributed by atoms with Gasteiger partial charge in [0.05, 0.1) is 12.7 Å². The number of piperidine rings is 1. The lowest BCUT2D eigenvalue weighted by molar-refractivity contribution is -0.142. The van der Waals surface area contributed by atoms with Crippen molar-refractivity contribution in [1.82, 2.24) is 30.8 Å². The van der Waals surface area contributed by atoms with E-state index in [9.17, 15) is 39.9 Å². The molecular formula is C39H54ClN9O9. The first-order chi connectivity index (χ1) is 27.6. The summed E-state index contributed by atoms with van der Waals surface area (Å²) < 4.78 is 0. The molecular weight excluding hydrogens is 774 g/mol. The van der Waals surface area contributed by atoms with E-state index >= 15 is 0 Å². The number of guanidine groups is 1. The molecule has 2 heterocycles. The van der Waals surface area contributed by atoms with Gasteiger partial charge in [0, 0.05) is 19.5 Å². The van der Waals surface area contributed by atoms with E-state index in [4.69, 9.17) is 33.6 Å². The fourth-order valence-electron chi connectivity index (χ4n) is 6.64. The second-order valence-electron chi connectivity index (χ2n) is 14.5. The highest BCUT2D eigenvalue weighted by molar-refractivity contribution is 6.31. The number of aliphatic hydroxyl groups excluding tert-OH is 5. The van der Waals surface area contributed by atoms with Crippen LogP contribution >= 0.6 is 11.6 Å². The smallest absolute Gasteiger partial charge is 0.326 e. The number of anilines is 2. The van der Waals surface area contributed by atoms with Gasteiger partial charge in [-0.2, -0.15) is 0 Å². The summed E-state index contributed by atoms with van der Waals surface area (Å²) in [5.74, 6) is -2.66. The van der Waals surface area contributed by atoms with Crippen LogP contribution in [0.5, 0.6) is 0 Å². The number of aliphatic carboxylic acids is 1. The van der Waals surface area contributed by atoms with Crippen molar-refractivity contribution in [3.8, 4) is 11.1 Å². The van der Waals surface area contributed by atoms with Crippen LogP contribution in [0.4, 0.5) is 11.6 Å². The number of aliphatic hydroxyl groups is 5. The van der Waals surface area contributed by atoms with E-state index in [0.29, 0.717) is 38.9 Å². The molecule has 2 amide bonds. The Morgan fingerprint density at radius 2 is 1.45 bits per heavy atom. The highest BCUT2D eigenvalue weighted by Gasteiger charge is 2.33. The Labute approximate surface area is 341 Å². The molecule has 1 aliphatic heterocycles. The second-order valence-corrected chi connectivity index (χ2v) is 14.8. The van der Waals surface area contributed by atoms with E-state index in [1.807, 2.05) is 41.3 Å². The maximum atomic E-state index is 12.8. The zero-order chi connectivity index (χ0) is 42.4. The van der Waals surface area contributed by atoms with Crippen molar-refractivity contribution in [2.75, 3.05) is 44.3 Å². The van der Waals surface area contributed by atoms with Gasteiger partial charge in [0.25, 0.3) is 5.91 Å². The Balaban J connectivity index is 1.12. The molecule has 1 aromatic heterocycles. The Hall–Kier alpha value is -4.95. The van der Waals surface area contributed by atoms with E-state index in [-0.39, 0.29) is 59.7 Å². The number of amides is 2. The van der Waals surface area contributed by atoms with Crippen LogP contribution < -0.4 is 27.4 Å². The van der Waals surface area contributed by atoms with Crippen molar-refractivity contribution in [1.29, 1.82) is 5.41 Å². The van der Waals surface area contributed by atoms with Gasteiger partial charge in [-0.1, -0.05) is 60.1 Å². The molecule has 2 aromatic carbocycles. The predicted molar refractivity (Wildman–Crippen MR) is 217 cm³/mol. The number of carbonyl (C=O) groups is 3. The monoisotopic (exact) mass is 827 g/mol. The number of carbonyl (C=O) groups excluding carboxylic acids is 2. The standard InChI is InChI=1S/C39H54ClN9O9/c40-34-36(42)47-35(41)31(46-34)37(56)48-39(43)44-16-2-1-3-22-4-9-25(10-5-22)26-11-6-23(7-12-26)8-13-30(53)45-27(38(57)58)19-24-14-17-49(18-15-24)20-28(51)32(54)33(55)29(52)21-50/h4-7,9-12,24,27-29,32-33,50-52,54-55H,1-3,8,13-21H2,(H,45,53)(H,57,58)(H4,41,42,47)(H3,43,44,48,56). The van der Waals surface area contributed by atoms with E-state index in [1.54, 1.807) is 0 Å². The van der Waals surface area contributed by atoms with Gasteiger partial charge in [-0.25, -0.2) is 14.8 Å². The summed E-state index contributed by atoms with van der Waals surface area (Å²) in [6.07, 6.45) is -1.78. The maximum Gasteiger partial charge on any atom is 0.326 e. The number of aromatic nitrogens is 2. The van der Waals surface area contributed by atoms with Gasteiger partial charge in [0.2, 0.25) is 5.91 Å². The predicted octanol–water partition coefficient (Wildman–Crippen LogP) is 0.278. The highest BCUT2D eigenvalue weighted by atomic mass is 35.5. The quantitative estimate of drug-likeness (QED) is 0.0414. The molecule has 0 radical (unpaired) electrons. The molecule has 14 N–H and O–H groups in total. The molecule has 1 aliphatic rings. The van der Waals surface area contributed by atoms with Crippen LogP contribution in [0, 0.1) is 11.3 Å². The van der Waals surface area contributed by atoms with Crippen LogP contribution in [-0.2, 0) is 22.4 Å². The third-order valence-electron chi connectivity index (χ3n) is 10.1. The fraction of sp³-hybridized carbons (Fsp3) is 0.487. The number of rotatable bonds is 20. The van der Waals surface area contributed by atoms with Gasteiger partial charge in [-0.3, -0.25) is 20.3 Å². The van der Waals surface area contributed by atoms with Crippen molar-refractivity contribution in [2.24, 2.45) is 5.92 Å². The molecule has 19 heteroatoms. The molecule has 4 rings (SSSR count). The molecule has 0 bridgehead atoms. The molecule has 18 nitrogen and oxygen atoms in total. The zero-order valence-electron chi connectivity index (χ0n) is 32.1. The van der Waals surface area contributed by atoms with Gasteiger partial charge in [0.15, 0.2) is 28.4 Å². The van der Waals surface area contributed by atoms with Gasteiger partial charge in [-0.15, -0.1) is 0 Å². The Morgan fingerprint density at radius 1 is 0.862 bits per heavy atom. The number of halogens is 1. The summed E-state index contributed by atoms with van der Waals surface area (Å²) in [5.41, 5.74) is 15.1. The average Bonchev–Trinajstić information content (AvgIpc) is 3.21. The summed E-state index contributed by atoms with van der Waals surface area (Å²) in [5, 5.41) is 74.2. The maximum absolute atomic E-state index is 12.8. The number of carboxylic acids is 1. The van der Waals surface area contributed by atoms with E-state index < -0.39 is 48.9 Å². The number of nitrogens with two attached hydrogens (primary N) is 2. The molecule has 58 heavy (non-hydrogen) atoms. The number of nitrogens with zero attached hydrogens (tertiary/aromatic N) is 3. The molecule has 5 atom stereocenters. The number of hydrogen-bond acceptors (Lipinski definition) is 14. The van der Waals surface area contributed by atoms with Gasteiger partial charge in [0.1, 0.15) is 24.4 Å². The number of β-amino-alcohol motifs (C(OH)–C–C–N with tert-alkyl or cyclic N) is 1. The molecule has 0 saturated carbocycles. The van der Waals surface area contributed by atoms with Crippen LogP contribution in [0.15, 0.2) is 48.5 Å². The molecule has 0 spiro atoms. The number of nitrogens with one attached hydrogen (secondary N) is 4. The third kappa shape index (κ3) is 13.9. The zero-order valence-corrected chi connectivity index (χ0v) is 32.8. The van der Waals surface area contributed by atoms with Crippen LogP contribution in [0.3, 0.4) is 0 Å². The number of aryl methyl sites for hydroxylation is 2. The van der Waals surface area contributed by atoms with E-state index in [1.165, 1.54) is 0 Å². The third-order valence-corrected chi connectivity index (χ3v) is 10.4. The Bertz CT molecular complexity index is 1830. The number of benzene rings is 2. The lowest BCUT2D eigenvalue weighted by Gasteiger charge is -2.35. The minimum Gasteiger partial charge on any atom is -0.480 e. The van der Waals surface area contributed by atoms with Crippen molar-refractivity contribution < 1.29 is 45.0 Å². The SMILES string of the molecule is N=C(NCCCCc1ccc(-c2ccc(CCC(=O)NC(CC3CCN(CC(O)C(O)C(O)C(O)CO)CC3)C(=O)O)cc2)cc1)NC(=O)c1nc(Cl)c(N)nc1N. The molecule has 0 aliphatic carbocycles. The summed E-state index contributed by atoms with van der Waals surface area (Å²) in [4.78, 5) is 46.6. The number of nitrogen functional groups attached to an aromatic ring is 2. The normalized spacial score (nSPS) is 16.1. The highest BCUT2D eigenvalue weighted by Crippen LogP contribution is 2.24. The Morgan fingerprint density at radius 3 is 2.03 bits per heavy atom. The van der Waals surface area contributed by atoms with E-state index in [0.717, 1.165) is 41.5 Å². The number of carboxylic acid groups (broad SMARTS) is 1. The van der Waals surface area contributed by atoms with Gasteiger partial charge >= 0.3 is 5.97 Å². The molecule has 5 unspecified atom stereocenters. The number of hydrogen-bond donors (Lipinski definition) is 12. The van der Waals surface area contributed by atoms with Gasteiger partial charge in [-0.05, 0) is 86.2 Å². The topological polar surface area (TPSA) is 314 Å². The van der Waals surface area contributed by atoms with Crippen LogP contribution in [0.2, 0.25) is 5.15 Å². The van der Waals surface area contributed by atoms with Crippen LogP contribution in [0.25, 0.3) is 11.1 Å². The largest absolute Gasteiger partial charge is 0.480 e. The van der Waals surface area contributed by atoms with Crippen LogP contribution in [0.1, 0.15) is 60.1 Å². The number of likely N-dealkylation sites (tertiary alicyclic amines) is 1. The summed E-state index contributed by atoms with van der Waals surface area (Å²) >= 11 is 5.82.